The number of hydrogen-bond donors (Lipinski definition) is 2. The number of aromatic nitrogens is 6. The number of benzene rings is 2. The molecule has 0 aliphatic carbocycles. The molecule has 188 valence electrons. The lowest BCUT2D eigenvalue weighted by atomic mass is 10.3. The predicted octanol–water partition coefficient (Wildman–Crippen LogP) is 3.16. The zero-order valence-electron chi connectivity index (χ0n) is 19.9. The lowest BCUT2D eigenvalue weighted by Crippen LogP contribution is -2.23. The van der Waals surface area contributed by atoms with Gasteiger partial charge in [-0.2, -0.15) is 19.9 Å². The molecule has 1 amide bonds. The topological polar surface area (TPSA) is 129 Å². The molecule has 0 radical (unpaired) electrons. The predicted molar refractivity (Wildman–Crippen MR) is 133 cm³/mol. The van der Waals surface area contributed by atoms with Crippen LogP contribution in [0.1, 0.15) is 12.6 Å². The monoisotopic (exact) mass is 503 g/mol. The summed E-state index contributed by atoms with van der Waals surface area (Å²) in [6.45, 7) is 3.93. The van der Waals surface area contributed by atoms with Crippen LogP contribution in [0.3, 0.4) is 0 Å². The number of H-pyrrole nitrogens is 1. The van der Waals surface area contributed by atoms with Crippen molar-refractivity contribution in [1.29, 1.82) is 0 Å². The Morgan fingerprint density at radius 3 is 2.46 bits per heavy atom. The summed E-state index contributed by atoms with van der Waals surface area (Å²) in [5, 5.41) is 11.6. The number of rotatable bonds is 8. The van der Waals surface area contributed by atoms with Crippen molar-refractivity contribution in [2.45, 2.75) is 13.8 Å². The van der Waals surface area contributed by atoms with Crippen molar-refractivity contribution < 1.29 is 18.7 Å². The molecule has 0 saturated heterocycles. The average Bonchev–Trinajstić information content (AvgIpc) is 3.48. The van der Waals surface area contributed by atoms with E-state index < -0.39 is 17.3 Å². The van der Waals surface area contributed by atoms with Crippen molar-refractivity contribution in [3.05, 3.63) is 82.7 Å². The molecule has 2 aromatic carbocycles. The van der Waals surface area contributed by atoms with E-state index in [4.69, 9.17) is 9.47 Å². The van der Waals surface area contributed by atoms with Crippen LogP contribution in [-0.2, 0) is 4.79 Å². The van der Waals surface area contributed by atoms with Crippen LogP contribution in [0.25, 0.3) is 22.7 Å². The number of hydrogen-bond acceptors (Lipinski definition) is 7. The molecule has 0 unspecified atom stereocenters. The molecular weight excluding hydrogens is 481 g/mol. The van der Waals surface area contributed by atoms with Crippen LogP contribution in [0.15, 0.2) is 65.6 Å². The second-order valence-corrected chi connectivity index (χ2v) is 7.98. The average molecular weight is 503 g/mol. The van der Waals surface area contributed by atoms with Gasteiger partial charge in [0.15, 0.2) is 12.3 Å². The van der Waals surface area contributed by atoms with Gasteiger partial charge in [-0.1, -0.05) is 0 Å². The zero-order valence-corrected chi connectivity index (χ0v) is 19.9. The first kappa shape index (κ1) is 23.7. The molecule has 2 N–H and O–H groups in total. The summed E-state index contributed by atoms with van der Waals surface area (Å²) in [6.07, 6.45) is 1.38. The van der Waals surface area contributed by atoms with Gasteiger partial charge in [0.1, 0.15) is 28.5 Å². The van der Waals surface area contributed by atoms with Crippen LogP contribution in [0.2, 0.25) is 0 Å². The van der Waals surface area contributed by atoms with E-state index in [1.54, 1.807) is 37.3 Å². The van der Waals surface area contributed by atoms with Gasteiger partial charge in [-0.25, -0.2) is 9.07 Å². The standard InChI is InChI=1S/C25H22FN7O4/c1-3-36-18-8-10-19(11-9-18)37-14-22(34)28-21-12-15(2)31-33(21)25-29-23-20(24(35)30-25)13-27-32(23)17-6-4-16(26)5-7-17/h4-13H,3,14H2,1-2H3,(H,28,34)(H,29,30,35). The highest BCUT2D eigenvalue weighted by Gasteiger charge is 2.17. The second-order valence-electron chi connectivity index (χ2n) is 7.98. The highest BCUT2D eigenvalue weighted by molar-refractivity contribution is 5.91. The maximum Gasteiger partial charge on any atom is 0.263 e. The molecular formula is C25H22FN7O4. The molecule has 0 aliphatic heterocycles. The Morgan fingerprint density at radius 2 is 1.76 bits per heavy atom. The first-order chi connectivity index (χ1) is 17.9. The minimum absolute atomic E-state index is 0.0668. The number of anilines is 1. The maximum absolute atomic E-state index is 13.4. The Labute approximate surface area is 209 Å². The SMILES string of the molecule is CCOc1ccc(OCC(=O)Nc2cc(C)nn2-c2nc3c(cnn3-c3ccc(F)cc3)c(=O)[nH]2)cc1. The Hall–Kier alpha value is -5.00. The highest BCUT2D eigenvalue weighted by atomic mass is 19.1. The number of nitrogens with one attached hydrogen (secondary N) is 2. The molecule has 0 saturated carbocycles. The second kappa shape index (κ2) is 9.93. The molecule has 11 nitrogen and oxygen atoms in total. The van der Waals surface area contributed by atoms with Gasteiger partial charge in [0.25, 0.3) is 11.5 Å². The summed E-state index contributed by atoms with van der Waals surface area (Å²) in [4.78, 5) is 32.6. The smallest absolute Gasteiger partial charge is 0.263 e. The summed E-state index contributed by atoms with van der Waals surface area (Å²) >= 11 is 0. The fourth-order valence-electron chi connectivity index (χ4n) is 3.65. The van der Waals surface area contributed by atoms with Crippen molar-refractivity contribution in [3.8, 4) is 23.1 Å². The minimum Gasteiger partial charge on any atom is -0.494 e. The van der Waals surface area contributed by atoms with Gasteiger partial charge < -0.3 is 14.8 Å². The van der Waals surface area contributed by atoms with Crippen LogP contribution in [-0.4, -0.2) is 48.6 Å². The van der Waals surface area contributed by atoms with Crippen molar-refractivity contribution in [1.82, 2.24) is 29.5 Å². The van der Waals surface area contributed by atoms with Gasteiger partial charge in [-0.05, 0) is 62.4 Å². The third-order valence-electron chi connectivity index (χ3n) is 5.30. The summed E-state index contributed by atoms with van der Waals surface area (Å²) in [5.74, 6) is 0.734. The Kier molecular flexibility index (Phi) is 6.37. The molecule has 0 fully saturated rings. The minimum atomic E-state index is -0.447. The largest absolute Gasteiger partial charge is 0.494 e. The van der Waals surface area contributed by atoms with E-state index in [1.807, 2.05) is 6.92 Å². The van der Waals surface area contributed by atoms with Crippen LogP contribution < -0.4 is 20.3 Å². The molecule has 0 aliphatic rings. The lowest BCUT2D eigenvalue weighted by Gasteiger charge is -2.10. The number of halogens is 1. The number of aryl methyl sites for hydroxylation is 1. The molecule has 0 spiro atoms. The van der Waals surface area contributed by atoms with Crippen LogP contribution in [0.4, 0.5) is 10.2 Å². The quantitative estimate of drug-likeness (QED) is 0.333. The van der Waals surface area contributed by atoms with Crippen molar-refractivity contribution in [3.63, 3.8) is 0 Å². The fourth-order valence-corrected chi connectivity index (χ4v) is 3.65. The molecule has 12 heteroatoms. The van der Waals surface area contributed by atoms with Gasteiger partial charge in [-0.15, -0.1) is 0 Å². The highest BCUT2D eigenvalue weighted by Crippen LogP contribution is 2.20. The number of nitrogens with zero attached hydrogens (tertiary/aromatic N) is 5. The van der Waals surface area contributed by atoms with E-state index in [9.17, 15) is 14.0 Å². The molecule has 0 bridgehead atoms. The zero-order chi connectivity index (χ0) is 25.9. The first-order valence-electron chi connectivity index (χ1n) is 11.4. The van der Waals surface area contributed by atoms with Gasteiger partial charge in [0.05, 0.1) is 24.2 Å². The fraction of sp³-hybridized carbons (Fsp3) is 0.160. The van der Waals surface area contributed by atoms with Crippen molar-refractivity contribution >= 4 is 22.8 Å². The van der Waals surface area contributed by atoms with Crippen LogP contribution in [0.5, 0.6) is 11.5 Å². The van der Waals surface area contributed by atoms with E-state index >= 15 is 0 Å². The summed E-state index contributed by atoms with van der Waals surface area (Å²) in [5.41, 5.74) is 0.904. The molecule has 5 aromatic rings. The number of carbonyl (C=O) groups is 1. The van der Waals surface area contributed by atoms with Gasteiger partial charge in [0, 0.05) is 6.07 Å². The van der Waals surface area contributed by atoms with Gasteiger partial charge in [-0.3, -0.25) is 14.6 Å². The normalized spacial score (nSPS) is 11.0. The molecule has 5 rings (SSSR count). The maximum atomic E-state index is 13.4. The molecule has 3 heterocycles. The molecule has 37 heavy (non-hydrogen) atoms. The van der Waals surface area contributed by atoms with Gasteiger partial charge >= 0.3 is 0 Å². The van der Waals surface area contributed by atoms with E-state index in [1.165, 1.54) is 39.8 Å². The Bertz CT molecular complexity index is 1620. The summed E-state index contributed by atoms with van der Waals surface area (Å²) in [6, 6.07) is 14.2. The number of amides is 1. The van der Waals surface area contributed by atoms with E-state index in [2.05, 4.69) is 25.5 Å². The third-order valence-corrected chi connectivity index (χ3v) is 5.30. The number of fused-ring (bicyclic) bond motifs is 1. The third kappa shape index (κ3) is 5.03. The van der Waals surface area contributed by atoms with E-state index in [0.29, 0.717) is 29.5 Å². The number of aromatic amines is 1. The molecule has 0 atom stereocenters. The first-order valence-corrected chi connectivity index (χ1v) is 11.4. The van der Waals surface area contributed by atoms with Crippen molar-refractivity contribution in [2.24, 2.45) is 0 Å². The van der Waals surface area contributed by atoms with E-state index in [0.717, 1.165) is 0 Å². The molecule has 3 aromatic heterocycles. The van der Waals surface area contributed by atoms with Crippen LogP contribution >= 0.6 is 0 Å². The van der Waals surface area contributed by atoms with Gasteiger partial charge in [0.2, 0.25) is 5.95 Å². The number of carbonyl (C=O) groups excluding carboxylic acids is 1. The lowest BCUT2D eigenvalue weighted by molar-refractivity contribution is -0.118. The Morgan fingerprint density at radius 1 is 1.05 bits per heavy atom. The summed E-state index contributed by atoms with van der Waals surface area (Å²) in [7, 11) is 0. The van der Waals surface area contributed by atoms with Crippen LogP contribution in [0, 0.1) is 12.7 Å². The summed E-state index contributed by atoms with van der Waals surface area (Å²) < 4.78 is 27.1. The Balaban J connectivity index is 1.39. The number of ether oxygens (including phenoxy) is 2. The van der Waals surface area contributed by atoms with E-state index in [-0.39, 0.29) is 29.4 Å². The van der Waals surface area contributed by atoms with Crippen molar-refractivity contribution in [2.75, 3.05) is 18.5 Å².